The number of hydrogen-bond donors (Lipinski definition) is 0. The smallest absolute Gasteiger partial charge is 0.158 e. The van der Waals surface area contributed by atoms with E-state index in [9.17, 15) is 0 Å². The van der Waals surface area contributed by atoms with Crippen LogP contribution in [0.25, 0.3) is 0 Å². The Balaban J connectivity index is 4.42. The van der Waals surface area contributed by atoms with Gasteiger partial charge in [-0.05, 0) is 19.3 Å². The monoisotopic (exact) mass is 320 g/mol. The highest BCUT2D eigenvalue weighted by molar-refractivity contribution is 6.25. The third kappa shape index (κ3) is 9.75. The van der Waals surface area contributed by atoms with Crippen LogP contribution in [0.2, 0.25) is 19.6 Å². The van der Waals surface area contributed by atoms with E-state index in [-0.39, 0.29) is 34.7 Å². The molecule has 0 aromatic carbocycles. The predicted molar refractivity (Wildman–Crippen MR) is 92.2 cm³/mol. The second kappa shape index (κ2) is 13.3. The Morgan fingerprint density at radius 3 is 1.74 bits per heavy atom. The summed E-state index contributed by atoms with van der Waals surface area (Å²) in [6.07, 6.45) is 6.68. The molecule has 3 nitrogen and oxygen atoms in total. The molecule has 0 unspecified atom stereocenters. The van der Waals surface area contributed by atoms with Crippen LogP contribution >= 0.6 is 0 Å². The van der Waals surface area contributed by atoms with Gasteiger partial charge >= 0.3 is 0 Å². The second-order valence-corrected chi connectivity index (χ2v) is 7.90. The molecular formula is C13H32O3Si3. The minimum Gasteiger partial charge on any atom is -0.424 e. The zero-order chi connectivity index (χ0) is 14.4. The van der Waals surface area contributed by atoms with E-state index in [1.807, 2.05) is 6.08 Å². The van der Waals surface area contributed by atoms with Gasteiger partial charge in [0, 0.05) is 25.2 Å². The van der Waals surface area contributed by atoms with Crippen LogP contribution in [0, 0.1) is 5.41 Å². The van der Waals surface area contributed by atoms with Crippen LogP contribution in [0.1, 0.15) is 25.7 Å². The average Bonchev–Trinajstić information content (AvgIpc) is 2.44. The van der Waals surface area contributed by atoms with E-state index in [1.54, 1.807) is 0 Å². The van der Waals surface area contributed by atoms with Crippen LogP contribution in [0.4, 0.5) is 0 Å². The van der Waals surface area contributed by atoms with Crippen molar-refractivity contribution < 1.29 is 13.3 Å². The van der Waals surface area contributed by atoms with Crippen molar-refractivity contribution in [2.75, 3.05) is 19.8 Å². The molecule has 0 fully saturated rings. The summed E-state index contributed by atoms with van der Waals surface area (Å²) in [5.41, 5.74) is 0.107. The fourth-order valence-corrected chi connectivity index (χ4v) is 4.00. The van der Waals surface area contributed by atoms with Crippen molar-refractivity contribution in [2.45, 2.75) is 45.3 Å². The summed E-state index contributed by atoms with van der Waals surface area (Å²) in [6, 6.07) is 0. The maximum Gasteiger partial charge on any atom is 0.158 e. The van der Waals surface area contributed by atoms with E-state index in [1.165, 1.54) is 12.8 Å². The van der Waals surface area contributed by atoms with Gasteiger partial charge in [-0.2, -0.15) is 0 Å². The van der Waals surface area contributed by atoms with Gasteiger partial charge in [-0.25, -0.2) is 0 Å². The lowest BCUT2D eigenvalue weighted by molar-refractivity contribution is 0.0276. The summed E-state index contributed by atoms with van der Waals surface area (Å²) >= 11 is 0. The van der Waals surface area contributed by atoms with E-state index in [0.717, 1.165) is 32.7 Å². The molecule has 0 saturated heterocycles. The molecule has 0 aliphatic rings. The summed E-state index contributed by atoms with van der Waals surface area (Å²) < 4.78 is 17.5. The highest BCUT2D eigenvalue weighted by atomic mass is 28.2. The van der Waals surface area contributed by atoms with Crippen molar-refractivity contribution in [3.63, 3.8) is 0 Å². The predicted octanol–water partition coefficient (Wildman–Crippen LogP) is 1.16. The van der Waals surface area contributed by atoms with Crippen LogP contribution in [0.5, 0.6) is 0 Å². The maximum absolute atomic E-state index is 5.84. The zero-order valence-corrected chi connectivity index (χ0v) is 17.3. The second-order valence-electron chi connectivity index (χ2n) is 4.95. The largest absolute Gasteiger partial charge is 0.424 e. The average molecular weight is 321 g/mol. The van der Waals surface area contributed by atoms with E-state index in [2.05, 4.69) is 26.2 Å². The van der Waals surface area contributed by atoms with Gasteiger partial charge in [0.05, 0.1) is 0 Å². The highest BCUT2D eigenvalue weighted by Crippen LogP contribution is 2.27. The van der Waals surface area contributed by atoms with Crippen molar-refractivity contribution in [3.8, 4) is 0 Å². The van der Waals surface area contributed by atoms with Crippen molar-refractivity contribution in [1.29, 1.82) is 0 Å². The van der Waals surface area contributed by atoms with E-state index >= 15 is 0 Å². The van der Waals surface area contributed by atoms with Gasteiger partial charge in [0.1, 0.15) is 0 Å². The van der Waals surface area contributed by atoms with Crippen LogP contribution in [-0.4, -0.2) is 49.1 Å². The Morgan fingerprint density at radius 2 is 1.37 bits per heavy atom. The Hall–Kier alpha value is 0.271. The quantitative estimate of drug-likeness (QED) is 0.273. The van der Waals surface area contributed by atoms with Gasteiger partial charge in [0.15, 0.2) is 29.3 Å². The molecule has 0 aliphatic heterocycles. The lowest BCUT2D eigenvalue weighted by Crippen LogP contribution is -2.38. The molecule has 0 aromatic heterocycles. The topological polar surface area (TPSA) is 27.7 Å². The number of allylic oxidation sites excluding steroid dienone is 1. The van der Waals surface area contributed by atoms with Crippen LogP contribution < -0.4 is 0 Å². The van der Waals surface area contributed by atoms with Crippen molar-refractivity contribution in [2.24, 2.45) is 5.41 Å². The maximum atomic E-state index is 5.84. The Morgan fingerprint density at radius 1 is 0.895 bits per heavy atom. The number of rotatable bonds is 14. The Bertz CT molecular complexity index is 194. The van der Waals surface area contributed by atoms with Gasteiger partial charge in [-0.15, -0.1) is 6.58 Å². The molecule has 0 bridgehead atoms. The minimum absolute atomic E-state index is 0.107. The van der Waals surface area contributed by atoms with E-state index in [4.69, 9.17) is 13.3 Å². The van der Waals surface area contributed by atoms with Gasteiger partial charge < -0.3 is 13.3 Å². The van der Waals surface area contributed by atoms with Crippen LogP contribution in [0.3, 0.4) is 0 Å². The molecule has 114 valence electrons. The summed E-state index contributed by atoms with van der Waals surface area (Å²) in [6.45, 7) is 12.8. The summed E-state index contributed by atoms with van der Waals surface area (Å²) in [5.74, 6) is 0. The SMILES string of the molecule is C=CCCCCC(CO[SiH2]C)(CO[SiH2]C)CO[SiH2]C. The fourth-order valence-electron chi connectivity index (χ4n) is 2.09. The van der Waals surface area contributed by atoms with Crippen LogP contribution in [0.15, 0.2) is 12.7 Å². The van der Waals surface area contributed by atoms with Gasteiger partial charge in [-0.3, -0.25) is 0 Å². The normalized spacial score (nSPS) is 16.2. The third-order valence-electron chi connectivity index (χ3n) is 3.20. The molecule has 0 spiro atoms. The molecule has 0 rings (SSSR count). The number of unbranched alkanes of at least 4 members (excludes halogenated alkanes) is 2. The Labute approximate surface area is 126 Å². The van der Waals surface area contributed by atoms with Crippen LogP contribution in [-0.2, 0) is 13.3 Å². The first kappa shape index (κ1) is 19.3. The Kier molecular flexibility index (Phi) is 13.5. The van der Waals surface area contributed by atoms with Crippen molar-refractivity contribution in [3.05, 3.63) is 12.7 Å². The van der Waals surface area contributed by atoms with E-state index < -0.39 is 0 Å². The first-order valence-corrected chi connectivity index (χ1v) is 13.6. The minimum atomic E-state index is -0.350. The molecule has 0 amide bonds. The standard InChI is InChI=1S/C13H32O3Si3/c1-5-6-7-8-9-13(10-14-17-2,11-15-18-3)12-16-19-4/h5H,1,6-12,17-19H2,2-4H3. The third-order valence-corrected chi connectivity index (χ3v) is 5.04. The first-order valence-electron chi connectivity index (χ1n) is 7.58. The van der Waals surface area contributed by atoms with Crippen molar-refractivity contribution in [1.82, 2.24) is 0 Å². The molecule has 19 heavy (non-hydrogen) atoms. The summed E-state index contributed by atoms with van der Waals surface area (Å²) in [4.78, 5) is 0. The lowest BCUT2D eigenvalue weighted by atomic mass is 9.85. The molecule has 0 N–H and O–H groups in total. The zero-order valence-electron chi connectivity index (χ0n) is 13.1. The van der Waals surface area contributed by atoms with Gasteiger partial charge in [0.25, 0.3) is 0 Å². The van der Waals surface area contributed by atoms with Gasteiger partial charge in [-0.1, -0.05) is 32.1 Å². The molecule has 0 heterocycles. The fraction of sp³-hybridized carbons (Fsp3) is 0.846. The van der Waals surface area contributed by atoms with E-state index in [0.29, 0.717) is 0 Å². The summed E-state index contributed by atoms with van der Waals surface area (Å²) in [5, 5.41) is 0. The molecule has 0 aromatic rings. The lowest BCUT2D eigenvalue weighted by Gasteiger charge is -2.33. The van der Waals surface area contributed by atoms with Crippen molar-refractivity contribution >= 4 is 29.3 Å². The molecule has 0 saturated carbocycles. The molecule has 0 radical (unpaired) electrons. The molecule has 0 atom stereocenters. The first-order chi connectivity index (χ1) is 9.24. The molecular weight excluding hydrogens is 288 g/mol. The number of hydrogen-bond acceptors (Lipinski definition) is 3. The summed E-state index contributed by atoms with van der Waals surface area (Å²) in [7, 11) is -1.05. The highest BCUT2D eigenvalue weighted by Gasteiger charge is 2.30. The molecule has 6 heteroatoms. The molecule has 0 aliphatic carbocycles. The van der Waals surface area contributed by atoms with Gasteiger partial charge in [0.2, 0.25) is 0 Å².